The zero-order valence-corrected chi connectivity index (χ0v) is 9.66. The molecule has 0 bridgehead atoms. The summed E-state index contributed by atoms with van der Waals surface area (Å²) in [6, 6.07) is 2.46. The number of nitrogens with one attached hydrogen (secondary N) is 1. The normalized spacial score (nSPS) is 12.7. The Morgan fingerprint density at radius 2 is 2.27 bits per heavy atom. The van der Waals surface area contributed by atoms with Crippen LogP contribution < -0.4 is 11.1 Å². The molecule has 0 aliphatic heterocycles. The molecule has 0 aliphatic rings. The van der Waals surface area contributed by atoms with Gasteiger partial charge in [-0.05, 0) is 37.9 Å². The highest BCUT2D eigenvalue weighted by Gasteiger charge is 2.06. The molecule has 0 saturated heterocycles. The summed E-state index contributed by atoms with van der Waals surface area (Å²) >= 11 is 0. The quantitative estimate of drug-likeness (QED) is 0.750. The molecule has 1 aromatic rings. The molecule has 15 heavy (non-hydrogen) atoms. The van der Waals surface area contributed by atoms with Gasteiger partial charge in [0.05, 0.1) is 0 Å². The first-order chi connectivity index (χ1) is 7.27. The second-order valence-electron chi connectivity index (χ2n) is 3.89. The van der Waals surface area contributed by atoms with Crippen molar-refractivity contribution in [3.8, 4) is 0 Å². The zero-order valence-electron chi connectivity index (χ0n) is 9.66. The molecule has 0 saturated carbocycles. The van der Waals surface area contributed by atoms with E-state index in [-0.39, 0.29) is 0 Å². The largest absolute Gasteiger partial charge is 0.398 e. The van der Waals surface area contributed by atoms with Crippen LogP contribution in [0.1, 0.15) is 31.7 Å². The first kappa shape index (κ1) is 12.0. The van der Waals surface area contributed by atoms with Gasteiger partial charge in [0.25, 0.3) is 0 Å². The number of nitrogens with two attached hydrogens (primary N) is 1. The van der Waals surface area contributed by atoms with Crippen molar-refractivity contribution in [2.45, 2.75) is 38.6 Å². The van der Waals surface area contributed by atoms with Gasteiger partial charge in [0, 0.05) is 24.1 Å². The average Bonchev–Trinajstić information content (AvgIpc) is 2.26. The van der Waals surface area contributed by atoms with E-state index in [0.29, 0.717) is 6.04 Å². The summed E-state index contributed by atoms with van der Waals surface area (Å²) in [5.41, 5.74) is 7.88. The molecule has 3 N–H and O–H groups in total. The Bertz CT molecular complexity index is 286. The van der Waals surface area contributed by atoms with E-state index in [1.807, 2.05) is 19.3 Å². The van der Waals surface area contributed by atoms with Crippen LogP contribution in [-0.2, 0) is 6.42 Å². The number of aromatic nitrogens is 1. The average molecular weight is 207 g/mol. The van der Waals surface area contributed by atoms with Crippen LogP contribution >= 0.6 is 0 Å². The minimum atomic E-state index is 0.592. The maximum Gasteiger partial charge on any atom is 0.0377 e. The van der Waals surface area contributed by atoms with Gasteiger partial charge in [-0.3, -0.25) is 4.98 Å². The fraction of sp³-hybridized carbons (Fsp3) is 0.583. The topological polar surface area (TPSA) is 50.9 Å². The molecule has 0 aliphatic carbocycles. The van der Waals surface area contributed by atoms with Gasteiger partial charge >= 0.3 is 0 Å². The lowest BCUT2D eigenvalue weighted by Crippen LogP contribution is -2.25. The van der Waals surface area contributed by atoms with E-state index in [2.05, 4.69) is 17.2 Å². The summed E-state index contributed by atoms with van der Waals surface area (Å²) in [5, 5.41) is 3.33. The van der Waals surface area contributed by atoms with Crippen LogP contribution in [0.3, 0.4) is 0 Å². The SMILES string of the molecule is CCCC(CCc1cnccc1N)NC. The van der Waals surface area contributed by atoms with E-state index in [9.17, 15) is 0 Å². The lowest BCUT2D eigenvalue weighted by atomic mass is 10.0. The van der Waals surface area contributed by atoms with E-state index in [4.69, 9.17) is 5.73 Å². The van der Waals surface area contributed by atoms with Crippen molar-refractivity contribution >= 4 is 5.69 Å². The van der Waals surface area contributed by atoms with Gasteiger partial charge in [-0.2, -0.15) is 0 Å². The molecule has 0 fully saturated rings. The van der Waals surface area contributed by atoms with E-state index < -0.39 is 0 Å². The number of pyridine rings is 1. The summed E-state index contributed by atoms with van der Waals surface area (Å²) in [4.78, 5) is 4.09. The fourth-order valence-corrected chi connectivity index (χ4v) is 1.76. The maximum absolute atomic E-state index is 5.86. The second-order valence-corrected chi connectivity index (χ2v) is 3.89. The third-order valence-electron chi connectivity index (χ3n) is 2.75. The van der Waals surface area contributed by atoms with Crippen LogP contribution in [0.4, 0.5) is 5.69 Å². The first-order valence-corrected chi connectivity index (χ1v) is 5.63. The van der Waals surface area contributed by atoms with Crippen LogP contribution in [0, 0.1) is 0 Å². The lowest BCUT2D eigenvalue weighted by molar-refractivity contribution is 0.484. The summed E-state index contributed by atoms with van der Waals surface area (Å²) in [5.74, 6) is 0. The molecule has 1 rings (SSSR count). The van der Waals surface area contributed by atoms with Crippen LogP contribution in [0.15, 0.2) is 18.5 Å². The Morgan fingerprint density at radius 3 is 2.87 bits per heavy atom. The monoisotopic (exact) mass is 207 g/mol. The summed E-state index contributed by atoms with van der Waals surface area (Å²) < 4.78 is 0. The number of rotatable bonds is 6. The second kappa shape index (κ2) is 6.40. The van der Waals surface area contributed by atoms with E-state index in [1.54, 1.807) is 6.20 Å². The van der Waals surface area contributed by atoms with Crippen molar-refractivity contribution in [2.75, 3.05) is 12.8 Å². The number of nitrogens with zero attached hydrogens (tertiary/aromatic N) is 1. The standard InChI is InChI=1S/C12H21N3/c1-3-4-11(14-2)6-5-10-9-15-8-7-12(10)13/h7-9,11,14H,3-6H2,1-2H3,(H2,13,15). The minimum absolute atomic E-state index is 0.592. The lowest BCUT2D eigenvalue weighted by Gasteiger charge is -2.15. The molecule has 0 aromatic carbocycles. The predicted molar refractivity (Wildman–Crippen MR) is 64.7 cm³/mol. The Hall–Kier alpha value is -1.09. The first-order valence-electron chi connectivity index (χ1n) is 5.63. The third kappa shape index (κ3) is 3.88. The highest BCUT2D eigenvalue weighted by molar-refractivity contribution is 5.44. The number of hydrogen-bond donors (Lipinski definition) is 2. The van der Waals surface area contributed by atoms with Crippen LogP contribution in [-0.4, -0.2) is 18.1 Å². The van der Waals surface area contributed by atoms with Crippen molar-refractivity contribution in [1.29, 1.82) is 0 Å². The maximum atomic E-state index is 5.86. The molecule has 0 spiro atoms. The molecule has 1 heterocycles. The molecule has 3 nitrogen and oxygen atoms in total. The predicted octanol–water partition coefficient (Wildman–Crippen LogP) is 1.98. The Balaban J connectivity index is 2.45. The highest BCUT2D eigenvalue weighted by Crippen LogP contribution is 2.13. The van der Waals surface area contributed by atoms with Gasteiger partial charge in [-0.25, -0.2) is 0 Å². The van der Waals surface area contributed by atoms with Crippen molar-refractivity contribution in [3.63, 3.8) is 0 Å². The van der Waals surface area contributed by atoms with E-state index in [0.717, 1.165) is 24.1 Å². The smallest absolute Gasteiger partial charge is 0.0377 e. The van der Waals surface area contributed by atoms with Gasteiger partial charge in [0.1, 0.15) is 0 Å². The number of hydrogen-bond acceptors (Lipinski definition) is 3. The Kier molecular flexibility index (Phi) is 5.12. The molecule has 1 atom stereocenters. The van der Waals surface area contributed by atoms with Gasteiger partial charge in [-0.1, -0.05) is 13.3 Å². The number of nitrogen functional groups attached to an aromatic ring is 1. The molecular weight excluding hydrogens is 186 g/mol. The van der Waals surface area contributed by atoms with Crippen LogP contribution in [0.25, 0.3) is 0 Å². The van der Waals surface area contributed by atoms with Crippen molar-refractivity contribution in [1.82, 2.24) is 10.3 Å². The van der Waals surface area contributed by atoms with Crippen molar-refractivity contribution in [2.24, 2.45) is 0 Å². The third-order valence-corrected chi connectivity index (χ3v) is 2.75. The van der Waals surface area contributed by atoms with E-state index in [1.165, 1.54) is 12.8 Å². The number of aryl methyl sites for hydroxylation is 1. The Labute approximate surface area is 92.1 Å². The molecular formula is C12H21N3. The van der Waals surface area contributed by atoms with Crippen LogP contribution in [0.5, 0.6) is 0 Å². The molecule has 84 valence electrons. The van der Waals surface area contributed by atoms with E-state index >= 15 is 0 Å². The van der Waals surface area contributed by atoms with Crippen molar-refractivity contribution in [3.05, 3.63) is 24.0 Å². The molecule has 3 heteroatoms. The Morgan fingerprint density at radius 1 is 1.47 bits per heavy atom. The molecule has 0 radical (unpaired) electrons. The summed E-state index contributed by atoms with van der Waals surface area (Å²) in [7, 11) is 2.02. The van der Waals surface area contributed by atoms with Gasteiger partial charge in [-0.15, -0.1) is 0 Å². The van der Waals surface area contributed by atoms with Crippen LogP contribution in [0.2, 0.25) is 0 Å². The van der Waals surface area contributed by atoms with Gasteiger partial charge in [0.2, 0.25) is 0 Å². The number of anilines is 1. The van der Waals surface area contributed by atoms with Crippen molar-refractivity contribution < 1.29 is 0 Å². The molecule has 0 amide bonds. The summed E-state index contributed by atoms with van der Waals surface area (Å²) in [6.07, 6.45) is 8.17. The summed E-state index contributed by atoms with van der Waals surface area (Å²) in [6.45, 7) is 2.21. The molecule has 1 aromatic heterocycles. The molecule has 1 unspecified atom stereocenters. The minimum Gasteiger partial charge on any atom is -0.398 e. The zero-order chi connectivity index (χ0) is 11.1. The highest BCUT2D eigenvalue weighted by atomic mass is 14.9. The van der Waals surface area contributed by atoms with Gasteiger partial charge < -0.3 is 11.1 Å². The fourth-order valence-electron chi connectivity index (χ4n) is 1.76. The van der Waals surface area contributed by atoms with Gasteiger partial charge in [0.15, 0.2) is 0 Å².